The number of anilines is 2. The monoisotopic (exact) mass is 283 g/mol. The first kappa shape index (κ1) is 12.8. The van der Waals surface area contributed by atoms with Crippen LogP contribution < -0.4 is 10.0 Å². The van der Waals surface area contributed by atoms with Crippen LogP contribution in [0.5, 0.6) is 0 Å². The molecule has 2 rings (SSSR count). The highest BCUT2D eigenvalue weighted by Crippen LogP contribution is 2.22. The first-order valence-electron chi connectivity index (χ1n) is 5.37. The summed E-state index contributed by atoms with van der Waals surface area (Å²) in [7, 11) is -3.60. The molecule has 0 saturated carbocycles. The van der Waals surface area contributed by atoms with Crippen LogP contribution in [0.4, 0.5) is 11.5 Å². The van der Waals surface area contributed by atoms with E-state index < -0.39 is 10.0 Å². The van der Waals surface area contributed by atoms with Gasteiger partial charge in [-0.15, -0.1) is 0 Å². The fourth-order valence-electron chi connectivity index (χ4n) is 1.44. The summed E-state index contributed by atoms with van der Waals surface area (Å²) in [4.78, 5) is 4.19. The summed E-state index contributed by atoms with van der Waals surface area (Å²) in [5.41, 5.74) is 0.561. The zero-order chi connectivity index (χ0) is 13.0. The Balaban J connectivity index is 2.35. The van der Waals surface area contributed by atoms with Crippen molar-refractivity contribution in [3.8, 4) is 0 Å². The lowest BCUT2D eigenvalue weighted by atomic mass is 10.4. The SMILES string of the molecule is CCNc1ncccc1S(=O)(=O)Nc1ccsc1. The lowest BCUT2D eigenvalue weighted by Crippen LogP contribution is -2.15. The summed E-state index contributed by atoms with van der Waals surface area (Å²) >= 11 is 1.43. The third-order valence-corrected chi connectivity index (χ3v) is 4.27. The van der Waals surface area contributed by atoms with E-state index in [1.54, 1.807) is 23.7 Å². The molecule has 0 amide bonds. The zero-order valence-corrected chi connectivity index (χ0v) is 11.4. The summed E-state index contributed by atoms with van der Waals surface area (Å²) in [6, 6.07) is 4.84. The second-order valence-electron chi connectivity index (χ2n) is 3.50. The molecule has 96 valence electrons. The van der Waals surface area contributed by atoms with E-state index in [0.717, 1.165) is 0 Å². The molecular formula is C11H13N3O2S2. The Labute approximate surface area is 110 Å². The molecule has 0 radical (unpaired) electrons. The zero-order valence-electron chi connectivity index (χ0n) is 9.75. The molecule has 7 heteroatoms. The van der Waals surface area contributed by atoms with Crippen LogP contribution >= 0.6 is 11.3 Å². The molecule has 0 bridgehead atoms. The highest BCUT2D eigenvalue weighted by molar-refractivity contribution is 7.92. The number of sulfonamides is 1. The van der Waals surface area contributed by atoms with Crippen LogP contribution in [-0.4, -0.2) is 19.9 Å². The molecule has 0 unspecified atom stereocenters. The van der Waals surface area contributed by atoms with E-state index in [1.165, 1.54) is 17.4 Å². The predicted molar refractivity (Wildman–Crippen MR) is 73.5 cm³/mol. The summed E-state index contributed by atoms with van der Waals surface area (Å²) in [5.74, 6) is 0.364. The molecule has 0 fully saturated rings. The second-order valence-corrected chi connectivity index (χ2v) is 5.93. The first-order chi connectivity index (χ1) is 8.63. The number of aromatic nitrogens is 1. The van der Waals surface area contributed by atoms with E-state index in [-0.39, 0.29) is 4.90 Å². The highest BCUT2D eigenvalue weighted by Gasteiger charge is 2.19. The van der Waals surface area contributed by atoms with Gasteiger partial charge >= 0.3 is 0 Å². The number of hydrogen-bond acceptors (Lipinski definition) is 5. The van der Waals surface area contributed by atoms with Gasteiger partial charge in [0.2, 0.25) is 0 Å². The average Bonchev–Trinajstić information content (AvgIpc) is 2.82. The van der Waals surface area contributed by atoms with Crippen molar-refractivity contribution >= 4 is 32.9 Å². The van der Waals surface area contributed by atoms with Gasteiger partial charge in [0.1, 0.15) is 10.7 Å². The molecule has 0 saturated heterocycles. The van der Waals surface area contributed by atoms with Crippen LogP contribution in [0.15, 0.2) is 40.1 Å². The number of nitrogens with zero attached hydrogens (tertiary/aromatic N) is 1. The quantitative estimate of drug-likeness (QED) is 0.883. The molecule has 0 atom stereocenters. The van der Waals surface area contributed by atoms with Crippen molar-refractivity contribution in [1.82, 2.24) is 4.98 Å². The molecule has 0 aliphatic carbocycles. The van der Waals surface area contributed by atoms with Crippen molar-refractivity contribution in [2.45, 2.75) is 11.8 Å². The molecule has 2 aromatic rings. The smallest absolute Gasteiger partial charge is 0.265 e. The van der Waals surface area contributed by atoms with E-state index in [0.29, 0.717) is 18.1 Å². The fourth-order valence-corrected chi connectivity index (χ4v) is 3.29. The Kier molecular flexibility index (Phi) is 3.83. The Morgan fingerprint density at radius 3 is 2.89 bits per heavy atom. The van der Waals surface area contributed by atoms with Gasteiger partial charge in [-0.05, 0) is 30.5 Å². The largest absolute Gasteiger partial charge is 0.369 e. The van der Waals surface area contributed by atoms with Gasteiger partial charge in [-0.2, -0.15) is 11.3 Å². The van der Waals surface area contributed by atoms with Crippen molar-refractivity contribution in [3.05, 3.63) is 35.2 Å². The summed E-state index contributed by atoms with van der Waals surface area (Å²) in [6.07, 6.45) is 1.56. The normalized spacial score (nSPS) is 11.2. The molecule has 2 N–H and O–H groups in total. The van der Waals surface area contributed by atoms with Gasteiger partial charge in [0.05, 0.1) is 5.69 Å². The fraction of sp³-hybridized carbons (Fsp3) is 0.182. The van der Waals surface area contributed by atoms with Crippen molar-refractivity contribution in [1.29, 1.82) is 0 Å². The number of thiophene rings is 1. The van der Waals surface area contributed by atoms with Gasteiger partial charge in [0, 0.05) is 18.1 Å². The molecule has 18 heavy (non-hydrogen) atoms. The molecule has 2 heterocycles. The third-order valence-electron chi connectivity index (χ3n) is 2.18. The van der Waals surface area contributed by atoms with E-state index in [9.17, 15) is 8.42 Å². The number of pyridine rings is 1. The van der Waals surface area contributed by atoms with E-state index in [4.69, 9.17) is 0 Å². The van der Waals surface area contributed by atoms with Crippen LogP contribution in [0, 0.1) is 0 Å². The van der Waals surface area contributed by atoms with Crippen LogP contribution in [0.1, 0.15) is 6.92 Å². The molecule has 0 aliphatic heterocycles. The maximum Gasteiger partial charge on any atom is 0.265 e. The van der Waals surface area contributed by atoms with Crippen molar-refractivity contribution in [2.24, 2.45) is 0 Å². The Bertz CT molecular complexity index is 609. The van der Waals surface area contributed by atoms with Gasteiger partial charge in [-0.1, -0.05) is 0 Å². The molecule has 0 aliphatic rings. The summed E-state index contributed by atoms with van der Waals surface area (Å²) in [6.45, 7) is 2.50. The maximum absolute atomic E-state index is 12.2. The average molecular weight is 283 g/mol. The lowest BCUT2D eigenvalue weighted by Gasteiger charge is -2.10. The Morgan fingerprint density at radius 2 is 2.22 bits per heavy atom. The molecular weight excluding hydrogens is 270 g/mol. The number of nitrogens with one attached hydrogen (secondary N) is 2. The standard InChI is InChI=1S/C11H13N3O2S2/c1-2-12-11-10(4-3-6-13-11)18(15,16)14-9-5-7-17-8-9/h3-8,14H,2H2,1H3,(H,12,13). The van der Waals surface area contributed by atoms with Gasteiger partial charge in [0.15, 0.2) is 0 Å². The van der Waals surface area contributed by atoms with Crippen molar-refractivity contribution < 1.29 is 8.42 Å². The first-order valence-corrected chi connectivity index (χ1v) is 7.80. The van der Waals surface area contributed by atoms with E-state index in [2.05, 4.69) is 15.0 Å². The van der Waals surface area contributed by atoms with Crippen molar-refractivity contribution in [3.63, 3.8) is 0 Å². The van der Waals surface area contributed by atoms with Crippen LogP contribution in [0.2, 0.25) is 0 Å². The van der Waals surface area contributed by atoms with E-state index >= 15 is 0 Å². The highest BCUT2D eigenvalue weighted by atomic mass is 32.2. The maximum atomic E-state index is 12.2. The van der Waals surface area contributed by atoms with Crippen LogP contribution in [0.25, 0.3) is 0 Å². The topological polar surface area (TPSA) is 71.1 Å². The molecule has 0 aromatic carbocycles. The number of rotatable bonds is 5. The third kappa shape index (κ3) is 2.80. The van der Waals surface area contributed by atoms with Gasteiger partial charge < -0.3 is 5.32 Å². The van der Waals surface area contributed by atoms with Crippen molar-refractivity contribution in [2.75, 3.05) is 16.6 Å². The minimum absolute atomic E-state index is 0.151. The summed E-state index contributed by atoms with van der Waals surface area (Å²) < 4.78 is 26.9. The van der Waals surface area contributed by atoms with E-state index in [1.807, 2.05) is 12.3 Å². The molecule has 0 spiro atoms. The van der Waals surface area contributed by atoms with Gasteiger partial charge in [-0.3, -0.25) is 4.72 Å². The Hall–Kier alpha value is -1.60. The predicted octanol–water partition coefficient (Wildman–Crippen LogP) is 2.38. The molecule has 5 nitrogen and oxygen atoms in total. The second kappa shape index (κ2) is 5.36. The lowest BCUT2D eigenvalue weighted by molar-refractivity contribution is 0.601. The number of hydrogen-bond donors (Lipinski definition) is 2. The van der Waals surface area contributed by atoms with Gasteiger partial charge in [-0.25, -0.2) is 13.4 Å². The van der Waals surface area contributed by atoms with Gasteiger partial charge in [0.25, 0.3) is 10.0 Å². The summed E-state index contributed by atoms with van der Waals surface area (Å²) in [5, 5.41) is 6.48. The van der Waals surface area contributed by atoms with Crippen LogP contribution in [-0.2, 0) is 10.0 Å². The minimum atomic E-state index is -3.60. The Morgan fingerprint density at radius 1 is 1.39 bits per heavy atom. The van der Waals surface area contributed by atoms with Crippen LogP contribution in [0.3, 0.4) is 0 Å². The molecule has 2 aromatic heterocycles. The minimum Gasteiger partial charge on any atom is -0.369 e.